The van der Waals surface area contributed by atoms with Crippen molar-refractivity contribution in [1.82, 2.24) is 0 Å². The molecular formula is C22H30O2. The molecule has 2 nitrogen and oxygen atoms in total. The van der Waals surface area contributed by atoms with Gasteiger partial charge < -0.3 is 10.2 Å². The summed E-state index contributed by atoms with van der Waals surface area (Å²) in [4.78, 5) is 0. The summed E-state index contributed by atoms with van der Waals surface area (Å²) in [5.41, 5.74) is 3.38. The van der Waals surface area contributed by atoms with Crippen molar-refractivity contribution in [3.63, 3.8) is 0 Å². The number of phenols is 1. The fourth-order valence-electron chi connectivity index (χ4n) is 7.83. The lowest BCUT2D eigenvalue weighted by atomic mass is 9.43. The minimum absolute atomic E-state index is 0.0947. The maximum absolute atomic E-state index is 11.0. The van der Waals surface area contributed by atoms with E-state index in [1.54, 1.807) is 0 Å². The maximum atomic E-state index is 11.0. The van der Waals surface area contributed by atoms with Crippen LogP contribution in [0, 0.1) is 22.7 Å². The molecule has 5 rings (SSSR count). The lowest BCUT2D eigenvalue weighted by molar-refractivity contribution is -0.126. The van der Waals surface area contributed by atoms with Gasteiger partial charge in [-0.25, -0.2) is 0 Å². The zero-order valence-electron chi connectivity index (χ0n) is 14.8. The van der Waals surface area contributed by atoms with Crippen molar-refractivity contribution in [3.05, 3.63) is 29.3 Å². The third-order valence-corrected chi connectivity index (χ3v) is 8.80. The van der Waals surface area contributed by atoms with Gasteiger partial charge >= 0.3 is 0 Å². The average molecular weight is 326 g/mol. The van der Waals surface area contributed by atoms with Crippen molar-refractivity contribution in [2.45, 2.75) is 76.7 Å². The van der Waals surface area contributed by atoms with Crippen LogP contribution in [0.2, 0.25) is 0 Å². The fraction of sp³-hybridized carbons (Fsp3) is 0.727. The van der Waals surface area contributed by atoms with Crippen LogP contribution in [0.3, 0.4) is 0 Å². The second kappa shape index (κ2) is 5.00. The van der Waals surface area contributed by atoms with Gasteiger partial charge in [-0.1, -0.05) is 25.8 Å². The molecule has 24 heavy (non-hydrogen) atoms. The molecule has 0 unspecified atom stereocenters. The molecule has 2 heteroatoms. The van der Waals surface area contributed by atoms with Crippen LogP contribution in [0.15, 0.2) is 18.2 Å². The molecule has 2 N–H and O–H groups in total. The summed E-state index contributed by atoms with van der Waals surface area (Å²) < 4.78 is 0. The second-order valence-electron chi connectivity index (χ2n) is 9.33. The molecule has 3 saturated carbocycles. The van der Waals surface area contributed by atoms with E-state index in [1.807, 2.05) is 12.1 Å². The lowest BCUT2D eigenvalue weighted by Gasteiger charge is -2.61. The second-order valence-corrected chi connectivity index (χ2v) is 9.33. The topological polar surface area (TPSA) is 40.5 Å². The van der Waals surface area contributed by atoms with Crippen molar-refractivity contribution >= 4 is 0 Å². The Labute approximate surface area is 145 Å². The van der Waals surface area contributed by atoms with Crippen molar-refractivity contribution in [2.75, 3.05) is 0 Å². The van der Waals surface area contributed by atoms with E-state index in [0.29, 0.717) is 17.1 Å². The van der Waals surface area contributed by atoms with E-state index in [2.05, 4.69) is 13.0 Å². The number of aliphatic hydroxyl groups excluding tert-OH is 1. The Balaban J connectivity index is 1.63. The Morgan fingerprint density at radius 3 is 2.83 bits per heavy atom. The molecule has 1 aromatic carbocycles. The Morgan fingerprint density at radius 2 is 1.96 bits per heavy atom. The van der Waals surface area contributed by atoms with Crippen molar-refractivity contribution < 1.29 is 10.2 Å². The quantitative estimate of drug-likeness (QED) is 0.720. The van der Waals surface area contributed by atoms with Gasteiger partial charge in [0.15, 0.2) is 0 Å². The summed E-state index contributed by atoms with van der Waals surface area (Å²) in [5.74, 6) is 2.53. The standard InChI is InChI=1S/C22H30O2/c1-21-11-9-18-17-7-6-16(23)12-14(17)5-8-19(18)22(21)10-3-2-4-15(22)13-20(21)24/h6-7,12,15,18-20,23-24H,2-5,8-11,13H2,1H3/t15-,18-,19-,20+,21-,22-/m1/s1. The summed E-state index contributed by atoms with van der Waals surface area (Å²) in [6.45, 7) is 2.42. The molecule has 0 heterocycles. The summed E-state index contributed by atoms with van der Waals surface area (Å²) in [6.07, 6.45) is 11.1. The van der Waals surface area contributed by atoms with Crippen LogP contribution in [-0.4, -0.2) is 16.3 Å². The Bertz CT molecular complexity index is 668. The molecular weight excluding hydrogens is 296 g/mol. The highest BCUT2D eigenvalue weighted by atomic mass is 16.3. The third kappa shape index (κ3) is 1.71. The number of hydrogen-bond donors (Lipinski definition) is 2. The summed E-state index contributed by atoms with van der Waals surface area (Å²) in [5, 5.41) is 20.9. The van der Waals surface area contributed by atoms with E-state index < -0.39 is 0 Å². The smallest absolute Gasteiger partial charge is 0.115 e. The van der Waals surface area contributed by atoms with E-state index in [0.717, 1.165) is 24.7 Å². The molecule has 0 bridgehead atoms. The van der Waals surface area contributed by atoms with Crippen LogP contribution in [0.5, 0.6) is 5.75 Å². The summed E-state index contributed by atoms with van der Waals surface area (Å²) in [7, 11) is 0. The normalized spacial score (nSPS) is 46.6. The van der Waals surface area contributed by atoms with Crippen molar-refractivity contribution in [1.29, 1.82) is 0 Å². The van der Waals surface area contributed by atoms with Gasteiger partial charge in [0.05, 0.1) is 6.10 Å². The van der Waals surface area contributed by atoms with E-state index in [1.165, 1.54) is 56.1 Å². The molecule has 0 amide bonds. The number of aliphatic hydroxyl groups is 1. The number of benzene rings is 1. The van der Waals surface area contributed by atoms with Gasteiger partial charge in [0.1, 0.15) is 5.75 Å². The molecule has 3 fully saturated rings. The first-order chi connectivity index (χ1) is 11.6. The van der Waals surface area contributed by atoms with Crippen molar-refractivity contribution in [3.8, 4) is 5.75 Å². The summed E-state index contributed by atoms with van der Waals surface area (Å²) >= 11 is 0. The number of aromatic hydroxyl groups is 1. The zero-order chi connectivity index (χ0) is 16.5. The number of aryl methyl sites for hydroxylation is 1. The first-order valence-corrected chi connectivity index (χ1v) is 10.1. The molecule has 0 aliphatic heterocycles. The van der Waals surface area contributed by atoms with Gasteiger partial charge in [0, 0.05) is 0 Å². The van der Waals surface area contributed by atoms with Crippen LogP contribution in [-0.2, 0) is 6.42 Å². The van der Waals surface area contributed by atoms with Gasteiger partial charge in [-0.15, -0.1) is 0 Å². The summed E-state index contributed by atoms with van der Waals surface area (Å²) in [6, 6.07) is 6.08. The molecule has 0 radical (unpaired) electrons. The molecule has 130 valence electrons. The lowest BCUT2D eigenvalue weighted by Crippen LogP contribution is -2.55. The molecule has 1 spiro atoms. The van der Waals surface area contributed by atoms with Gasteiger partial charge in [0.25, 0.3) is 0 Å². The molecule has 4 aliphatic rings. The van der Waals surface area contributed by atoms with Crippen LogP contribution in [0.4, 0.5) is 0 Å². The van der Waals surface area contributed by atoms with E-state index in [9.17, 15) is 10.2 Å². The Morgan fingerprint density at radius 1 is 1.08 bits per heavy atom. The van der Waals surface area contributed by atoms with E-state index in [4.69, 9.17) is 0 Å². The van der Waals surface area contributed by atoms with Gasteiger partial charge in [-0.2, -0.15) is 0 Å². The highest BCUT2D eigenvalue weighted by Crippen LogP contribution is 2.73. The molecule has 4 aliphatic carbocycles. The fourth-order valence-corrected chi connectivity index (χ4v) is 7.83. The van der Waals surface area contributed by atoms with Gasteiger partial charge in [-0.05, 0) is 96.8 Å². The number of phenolic OH excluding ortho intramolecular Hbond substituents is 1. The first-order valence-electron chi connectivity index (χ1n) is 10.1. The molecule has 0 aromatic heterocycles. The van der Waals surface area contributed by atoms with Crippen LogP contribution < -0.4 is 0 Å². The third-order valence-electron chi connectivity index (χ3n) is 8.80. The van der Waals surface area contributed by atoms with Crippen LogP contribution in [0.25, 0.3) is 0 Å². The van der Waals surface area contributed by atoms with Crippen LogP contribution in [0.1, 0.15) is 75.3 Å². The highest BCUT2D eigenvalue weighted by molar-refractivity contribution is 5.41. The predicted molar refractivity (Wildman–Crippen MR) is 95.0 cm³/mol. The van der Waals surface area contributed by atoms with E-state index in [-0.39, 0.29) is 11.5 Å². The van der Waals surface area contributed by atoms with E-state index >= 15 is 0 Å². The van der Waals surface area contributed by atoms with Gasteiger partial charge in [-0.3, -0.25) is 0 Å². The SMILES string of the molecule is C[C@]12CC[C@@H]3c4ccc(O)cc4CC[C@H]3[C@]13CCCC[C@@H]3C[C@@H]2O. The number of hydrogen-bond acceptors (Lipinski definition) is 2. The minimum atomic E-state index is -0.0947. The minimum Gasteiger partial charge on any atom is -0.508 e. The first kappa shape index (κ1) is 15.3. The highest BCUT2D eigenvalue weighted by Gasteiger charge is 2.68. The predicted octanol–water partition coefficient (Wildman–Crippen LogP) is 4.78. The largest absolute Gasteiger partial charge is 0.508 e. The van der Waals surface area contributed by atoms with Gasteiger partial charge in [0.2, 0.25) is 0 Å². The maximum Gasteiger partial charge on any atom is 0.115 e. The van der Waals surface area contributed by atoms with Crippen LogP contribution >= 0.6 is 0 Å². The zero-order valence-corrected chi connectivity index (χ0v) is 14.8. The number of fused-ring (bicyclic) bond motifs is 3. The Kier molecular flexibility index (Phi) is 3.18. The molecule has 0 saturated heterocycles. The Hall–Kier alpha value is -1.02. The van der Waals surface area contributed by atoms with Crippen molar-refractivity contribution in [2.24, 2.45) is 22.7 Å². The number of rotatable bonds is 0. The monoisotopic (exact) mass is 326 g/mol. The average Bonchev–Trinajstić information content (AvgIpc) is 2.82. The molecule has 1 aromatic rings. The molecule has 6 atom stereocenters.